The Morgan fingerprint density at radius 1 is 1.20 bits per heavy atom. The third-order valence-electron chi connectivity index (χ3n) is 4.55. The monoisotopic (exact) mass is 408 g/mol. The van der Waals surface area contributed by atoms with Crippen molar-refractivity contribution in [2.45, 2.75) is 20.5 Å². The summed E-state index contributed by atoms with van der Waals surface area (Å²) in [4.78, 5) is 30.8. The van der Waals surface area contributed by atoms with E-state index in [2.05, 4.69) is 15.1 Å². The molecule has 8 nitrogen and oxygen atoms in total. The van der Waals surface area contributed by atoms with Gasteiger partial charge >= 0.3 is 11.7 Å². The Balaban J connectivity index is 1.42. The van der Waals surface area contributed by atoms with Crippen LogP contribution in [0.2, 0.25) is 0 Å². The number of hydrogen-bond acceptors (Lipinski definition) is 6. The summed E-state index contributed by atoms with van der Waals surface area (Å²) in [7, 11) is 0. The number of carbonyl (C=O) groups is 1. The molecule has 152 valence electrons. The van der Waals surface area contributed by atoms with E-state index in [0.717, 1.165) is 5.69 Å². The van der Waals surface area contributed by atoms with Crippen LogP contribution in [0.25, 0.3) is 17.1 Å². The number of carbonyl (C=O) groups excluding carboxylic acids is 1. The van der Waals surface area contributed by atoms with E-state index in [-0.39, 0.29) is 29.8 Å². The van der Waals surface area contributed by atoms with Crippen LogP contribution in [-0.2, 0) is 11.3 Å². The number of nitrogens with one attached hydrogen (secondary N) is 1. The Labute approximate surface area is 169 Å². The zero-order valence-electron chi connectivity index (χ0n) is 16.2. The number of nitrogens with zero attached hydrogens (tertiary/aromatic N) is 3. The van der Waals surface area contributed by atoms with E-state index in [4.69, 9.17) is 9.26 Å². The molecular formula is C21H17FN4O4. The summed E-state index contributed by atoms with van der Waals surface area (Å²) in [5, 5.41) is 3.79. The Morgan fingerprint density at radius 3 is 2.63 bits per heavy atom. The van der Waals surface area contributed by atoms with Gasteiger partial charge in [-0.15, -0.1) is 0 Å². The number of aromatic amines is 1. The molecule has 0 radical (unpaired) electrons. The third-order valence-corrected chi connectivity index (χ3v) is 4.55. The fourth-order valence-corrected chi connectivity index (χ4v) is 2.90. The topological polar surface area (TPSA) is 103 Å². The summed E-state index contributed by atoms with van der Waals surface area (Å²) in [6.07, 6.45) is 1.61. The molecule has 0 atom stereocenters. The highest BCUT2D eigenvalue weighted by molar-refractivity contribution is 5.89. The molecule has 0 aliphatic heterocycles. The second-order valence-electron chi connectivity index (χ2n) is 6.67. The summed E-state index contributed by atoms with van der Waals surface area (Å²) < 4.78 is 25.5. The van der Waals surface area contributed by atoms with Crippen molar-refractivity contribution in [2.24, 2.45) is 0 Å². The molecule has 2 aromatic heterocycles. The van der Waals surface area contributed by atoms with Crippen LogP contribution in [0.1, 0.15) is 27.5 Å². The van der Waals surface area contributed by atoms with Crippen molar-refractivity contribution in [1.29, 1.82) is 0 Å². The standard InChI is InChI=1S/C21H17FN4O4/c1-12-3-4-15(9-17(12)22)19-24-18(30-25-19)11-29-20(27)14-5-7-16(8-6-14)26-13(2)10-23-21(26)28/h3-10H,11H2,1-2H3,(H,23,28). The van der Waals surface area contributed by atoms with Gasteiger partial charge in [0.1, 0.15) is 5.82 Å². The first-order valence-electron chi connectivity index (χ1n) is 9.06. The minimum absolute atomic E-state index is 0.0884. The average Bonchev–Trinajstić information content (AvgIpc) is 3.35. The van der Waals surface area contributed by atoms with Crippen LogP contribution in [-0.4, -0.2) is 25.7 Å². The van der Waals surface area contributed by atoms with Gasteiger partial charge in [-0.2, -0.15) is 4.98 Å². The number of aromatic nitrogens is 4. The normalized spacial score (nSPS) is 10.9. The molecule has 2 heterocycles. The number of esters is 1. The summed E-state index contributed by atoms with van der Waals surface area (Å²) >= 11 is 0. The zero-order chi connectivity index (χ0) is 21.3. The molecule has 2 aromatic carbocycles. The fourth-order valence-electron chi connectivity index (χ4n) is 2.90. The second-order valence-corrected chi connectivity index (χ2v) is 6.67. The van der Waals surface area contributed by atoms with E-state index in [1.54, 1.807) is 56.4 Å². The van der Waals surface area contributed by atoms with Crippen LogP contribution in [0.15, 0.2) is 58.0 Å². The van der Waals surface area contributed by atoms with Gasteiger partial charge in [-0.3, -0.25) is 4.57 Å². The van der Waals surface area contributed by atoms with Crippen molar-refractivity contribution < 1.29 is 18.4 Å². The average molecular weight is 408 g/mol. The van der Waals surface area contributed by atoms with Crippen LogP contribution >= 0.6 is 0 Å². The molecule has 0 saturated heterocycles. The van der Waals surface area contributed by atoms with Crippen LogP contribution in [0, 0.1) is 19.7 Å². The van der Waals surface area contributed by atoms with Gasteiger partial charge in [0.25, 0.3) is 5.89 Å². The van der Waals surface area contributed by atoms with Crippen molar-refractivity contribution in [2.75, 3.05) is 0 Å². The summed E-state index contributed by atoms with van der Waals surface area (Å²) in [6, 6.07) is 11.0. The zero-order valence-corrected chi connectivity index (χ0v) is 16.2. The molecule has 1 N–H and O–H groups in total. The Hall–Kier alpha value is -4.01. The lowest BCUT2D eigenvalue weighted by Crippen LogP contribution is -2.16. The SMILES string of the molecule is Cc1ccc(-c2noc(COC(=O)c3ccc(-n4c(C)c[nH]c4=O)cc3)n2)cc1F. The number of benzene rings is 2. The molecule has 0 aliphatic rings. The fraction of sp³-hybridized carbons (Fsp3) is 0.143. The lowest BCUT2D eigenvalue weighted by atomic mass is 10.1. The Kier molecular flexibility index (Phi) is 5.01. The van der Waals surface area contributed by atoms with Crippen molar-refractivity contribution in [3.8, 4) is 17.1 Å². The number of rotatable bonds is 5. The van der Waals surface area contributed by atoms with Crippen molar-refractivity contribution in [3.63, 3.8) is 0 Å². The molecule has 0 aliphatic carbocycles. The van der Waals surface area contributed by atoms with Gasteiger partial charge in [-0.05, 0) is 49.7 Å². The van der Waals surface area contributed by atoms with E-state index in [0.29, 0.717) is 22.4 Å². The highest BCUT2D eigenvalue weighted by Crippen LogP contribution is 2.19. The first-order chi connectivity index (χ1) is 14.4. The van der Waals surface area contributed by atoms with Crippen molar-refractivity contribution >= 4 is 5.97 Å². The summed E-state index contributed by atoms with van der Waals surface area (Å²) in [5.74, 6) is -0.659. The van der Waals surface area contributed by atoms with Gasteiger partial charge in [0.15, 0.2) is 6.61 Å². The van der Waals surface area contributed by atoms with Gasteiger partial charge in [-0.1, -0.05) is 17.3 Å². The molecule has 0 spiro atoms. The lowest BCUT2D eigenvalue weighted by molar-refractivity contribution is 0.0430. The smallest absolute Gasteiger partial charge is 0.338 e. The minimum Gasteiger partial charge on any atom is -0.452 e. The maximum atomic E-state index is 13.7. The largest absolute Gasteiger partial charge is 0.452 e. The minimum atomic E-state index is -0.583. The molecule has 0 fully saturated rings. The maximum absolute atomic E-state index is 13.7. The number of hydrogen-bond donors (Lipinski definition) is 1. The van der Waals surface area contributed by atoms with E-state index >= 15 is 0 Å². The Bertz CT molecular complexity index is 1270. The number of aryl methyl sites for hydroxylation is 2. The van der Waals surface area contributed by atoms with E-state index in [9.17, 15) is 14.0 Å². The van der Waals surface area contributed by atoms with Gasteiger partial charge in [-0.25, -0.2) is 14.0 Å². The molecule has 4 aromatic rings. The van der Waals surface area contributed by atoms with Crippen LogP contribution in [0.4, 0.5) is 4.39 Å². The van der Waals surface area contributed by atoms with E-state index < -0.39 is 5.97 Å². The molecule has 0 bridgehead atoms. The highest BCUT2D eigenvalue weighted by atomic mass is 19.1. The first-order valence-corrected chi connectivity index (χ1v) is 9.06. The van der Waals surface area contributed by atoms with Crippen molar-refractivity contribution in [3.05, 3.63) is 87.7 Å². The quantitative estimate of drug-likeness (QED) is 0.508. The molecular weight excluding hydrogens is 391 g/mol. The van der Waals surface area contributed by atoms with Crippen molar-refractivity contribution in [1.82, 2.24) is 19.7 Å². The van der Waals surface area contributed by atoms with Gasteiger partial charge in [0.05, 0.1) is 11.3 Å². The van der Waals surface area contributed by atoms with Gasteiger partial charge in [0, 0.05) is 17.5 Å². The van der Waals surface area contributed by atoms with E-state index in [1.165, 1.54) is 10.6 Å². The maximum Gasteiger partial charge on any atom is 0.338 e. The summed E-state index contributed by atoms with van der Waals surface area (Å²) in [6.45, 7) is 3.23. The van der Waals surface area contributed by atoms with Gasteiger partial charge < -0.3 is 14.2 Å². The van der Waals surface area contributed by atoms with Crippen LogP contribution in [0.3, 0.4) is 0 Å². The lowest BCUT2D eigenvalue weighted by Gasteiger charge is -2.06. The Morgan fingerprint density at radius 2 is 1.97 bits per heavy atom. The summed E-state index contributed by atoms with van der Waals surface area (Å²) in [5.41, 5.74) is 2.39. The van der Waals surface area contributed by atoms with Crippen LogP contribution < -0.4 is 5.69 Å². The predicted octanol–water partition coefficient (Wildman–Crippen LogP) is 3.33. The molecule has 4 rings (SSSR count). The molecule has 0 unspecified atom stereocenters. The van der Waals surface area contributed by atoms with Gasteiger partial charge in [0.2, 0.25) is 5.82 Å². The van der Waals surface area contributed by atoms with E-state index in [1.807, 2.05) is 0 Å². The molecule has 0 amide bonds. The number of ether oxygens (including phenoxy) is 1. The first kappa shape index (κ1) is 19.3. The number of H-pyrrole nitrogens is 1. The third kappa shape index (κ3) is 3.77. The predicted molar refractivity (Wildman–Crippen MR) is 105 cm³/mol. The highest BCUT2D eigenvalue weighted by Gasteiger charge is 2.14. The molecule has 9 heteroatoms. The van der Waals surface area contributed by atoms with Crippen LogP contribution in [0.5, 0.6) is 0 Å². The number of imidazole rings is 1. The second kappa shape index (κ2) is 7.78. The molecule has 30 heavy (non-hydrogen) atoms. The number of halogens is 1. The molecule has 0 saturated carbocycles.